The Morgan fingerprint density at radius 1 is 0.495 bits per heavy atom. The van der Waals surface area contributed by atoms with Crippen molar-refractivity contribution < 1.29 is 67.1 Å². The summed E-state index contributed by atoms with van der Waals surface area (Å²) in [6, 6.07) is -14.3. The van der Waals surface area contributed by atoms with Crippen LogP contribution in [0.3, 0.4) is 0 Å². The van der Waals surface area contributed by atoms with Gasteiger partial charge in [0.15, 0.2) is 0 Å². The van der Waals surface area contributed by atoms with Gasteiger partial charge in [-0.25, -0.2) is 0 Å². The van der Waals surface area contributed by atoms with Crippen molar-refractivity contribution in [3.8, 4) is 0 Å². The van der Waals surface area contributed by atoms with Gasteiger partial charge in [-0.3, -0.25) is 57.5 Å². The molecule has 0 aromatic rings. The molecule has 91 heavy (non-hydrogen) atoms. The van der Waals surface area contributed by atoms with Crippen LogP contribution in [-0.4, -0.2) is 233 Å². The van der Waals surface area contributed by atoms with Crippen LogP contribution in [0, 0.1) is 41.4 Å². The summed E-state index contributed by atoms with van der Waals surface area (Å²) in [6.07, 6.45) is 3.66. The summed E-state index contributed by atoms with van der Waals surface area (Å²) in [6.45, 7) is 30.1. The molecule has 25 nitrogen and oxygen atoms in total. The molecule has 0 unspecified atom stereocenters. The van der Waals surface area contributed by atoms with Crippen molar-refractivity contribution in [2.75, 3.05) is 49.3 Å². The zero-order valence-electron chi connectivity index (χ0n) is 59.5. The largest absolute Gasteiger partial charge is 0.459 e. The maximum atomic E-state index is 15.5. The fourth-order valence-corrected chi connectivity index (χ4v) is 11.6. The minimum absolute atomic E-state index is 0.0139. The van der Waals surface area contributed by atoms with Crippen molar-refractivity contribution in [2.24, 2.45) is 41.4 Å². The molecule has 25 heteroatoms. The van der Waals surface area contributed by atoms with E-state index >= 15 is 19.2 Å². The smallest absolute Gasteiger partial charge is 0.303 e. The van der Waals surface area contributed by atoms with Crippen LogP contribution in [0.5, 0.6) is 0 Å². The molecule has 0 bridgehead atoms. The highest BCUT2D eigenvalue weighted by atomic mass is 16.5. The molecule has 1 rings (SSSR count). The van der Waals surface area contributed by atoms with Gasteiger partial charge in [-0.1, -0.05) is 102 Å². The quantitative estimate of drug-likeness (QED) is 0.0863. The minimum Gasteiger partial charge on any atom is -0.459 e. The van der Waals surface area contributed by atoms with E-state index in [0.717, 1.165) is 21.6 Å². The molecule has 14 atom stereocenters. The summed E-state index contributed by atoms with van der Waals surface area (Å²) in [5.74, 6) is -11.8. The lowest BCUT2D eigenvalue weighted by Crippen LogP contribution is -2.64. The third kappa shape index (κ3) is 22.7. The molecule has 4 N–H and O–H groups in total. The second-order valence-corrected chi connectivity index (χ2v) is 27.1. The predicted molar refractivity (Wildman–Crippen MR) is 348 cm³/mol. The lowest BCUT2D eigenvalue weighted by atomic mass is 9.91. The number of nitrogens with zero attached hydrogens (tertiary/aromatic N) is 7. The molecule has 0 radical (unpaired) electrons. The van der Waals surface area contributed by atoms with E-state index in [4.69, 9.17) is 4.74 Å². The number of carbonyl (C=O) groups excluding carboxylic acids is 13. The van der Waals surface area contributed by atoms with Crippen LogP contribution in [0.1, 0.15) is 170 Å². The van der Waals surface area contributed by atoms with Crippen molar-refractivity contribution in [2.45, 2.75) is 242 Å². The predicted octanol–water partition coefficient (Wildman–Crippen LogP) is 3.80. The Kier molecular flexibility index (Phi) is 33.8. The fourth-order valence-electron chi connectivity index (χ4n) is 11.6. The summed E-state index contributed by atoms with van der Waals surface area (Å²) in [5, 5.41) is 11.0. The van der Waals surface area contributed by atoms with Crippen molar-refractivity contribution >= 4 is 77.2 Å². The maximum Gasteiger partial charge on any atom is 0.303 e. The van der Waals surface area contributed by atoms with Crippen LogP contribution in [0.4, 0.5) is 0 Å². The molecule has 11 amide bonds. The number of esters is 1. The SMILES string of the molecule is C/C=C/C[C@@H](C)[C@@H](OC(C)=O)[C@H]1C(=O)N[C@@H](CC)C(=O)N(C)[C@H](C)C(=O)N(C)[C@@H]([C@H](C)CCC=O)C(=O)N[C@@H](C(C)C)C(=O)N(C)[C@@H](CC(C)C)C(=O)N[C@@H](C)C(=O)N[C@H](C)C(=O)N(C)[C@@H](CC(C)C)C(=O)N(C)[C@@H](CC(C)C)C(=O)N(C)[C@@H](C(C)C)C(=O)N1C. The molecule has 1 fully saturated rings. The van der Waals surface area contributed by atoms with Gasteiger partial charge in [-0.05, 0) is 108 Å². The zero-order chi connectivity index (χ0) is 70.5. The third-order valence-electron chi connectivity index (χ3n) is 17.3. The second-order valence-electron chi connectivity index (χ2n) is 27.1. The number of carbonyl (C=O) groups is 13. The standard InChI is InChI=1S/C66H115N11O14/c1-26-28-30-42(14)55(91-46(18)79)54-59(83)69-47(27-2)62(86)71(19)45(17)61(85)76(24)53(41(13)31-29-32-78)58(82)70-51(39(9)10)65(89)72(20)48(33-36(3)4)57(81)67-43(15)56(80)68-44(16)60(84)73(21)49(34-37(5)6)63(87)74(22)50(35-38(7)8)64(88)75(23)52(40(11)12)66(90)77(54)25/h26,28,32,36-45,47-55H,27,29-31,33-35H2,1-25H3,(H,67,81)(H,68,80)(H,69,83)(H,70,82)/b28-26+/t41-,42-,43+,44-,45-,47+,48+,49+,50+,51+,52+,53+,54+,55-/m1/s1. The molecule has 0 spiro atoms. The van der Waals surface area contributed by atoms with Gasteiger partial charge in [0.1, 0.15) is 78.9 Å². The summed E-state index contributed by atoms with van der Waals surface area (Å²) in [7, 11) is 9.75. The van der Waals surface area contributed by atoms with Crippen LogP contribution in [-0.2, 0) is 67.1 Å². The van der Waals surface area contributed by atoms with E-state index in [-0.39, 0.29) is 62.7 Å². The molecule has 0 aromatic carbocycles. The molecule has 0 aliphatic carbocycles. The van der Waals surface area contributed by atoms with Gasteiger partial charge in [0, 0.05) is 62.7 Å². The van der Waals surface area contributed by atoms with E-state index in [2.05, 4.69) is 21.3 Å². The first kappa shape index (κ1) is 82.1. The number of aldehydes is 1. The monoisotopic (exact) mass is 1290 g/mol. The number of allylic oxidation sites excluding steroid dienone is 2. The fraction of sp³-hybridized carbons (Fsp3) is 0.773. The van der Waals surface area contributed by atoms with Crippen LogP contribution in [0.15, 0.2) is 12.2 Å². The average molecular weight is 1290 g/mol. The third-order valence-corrected chi connectivity index (χ3v) is 17.3. The van der Waals surface area contributed by atoms with Gasteiger partial charge < -0.3 is 65.1 Å². The zero-order valence-corrected chi connectivity index (χ0v) is 59.5. The van der Waals surface area contributed by atoms with Crippen LogP contribution >= 0.6 is 0 Å². The van der Waals surface area contributed by atoms with Gasteiger partial charge in [-0.15, -0.1) is 0 Å². The second kappa shape index (κ2) is 37.5. The highest BCUT2D eigenvalue weighted by Crippen LogP contribution is 2.27. The van der Waals surface area contributed by atoms with Gasteiger partial charge in [-0.2, -0.15) is 0 Å². The first-order chi connectivity index (χ1) is 42.1. The van der Waals surface area contributed by atoms with Crippen molar-refractivity contribution in [3.63, 3.8) is 0 Å². The Morgan fingerprint density at radius 3 is 1.41 bits per heavy atom. The van der Waals surface area contributed by atoms with E-state index in [0.29, 0.717) is 6.29 Å². The first-order valence-electron chi connectivity index (χ1n) is 32.4. The van der Waals surface area contributed by atoms with Gasteiger partial charge in [0.25, 0.3) is 0 Å². The number of nitrogens with one attached hydrogen (secondary N) is 4. The Morgan fingerprint density at radius 2 is 0.945 bits per heavy atom. The Bertz CT molecular complexity index is 2560. The molecule has 1 heterocycles. The van der Waals surface area contributed by atoms with Crippen molar-refractivity contribution in [1.29, 1.82) is 0 Å². The number of rotatable bonds is 18. The molecule has 1 saturated heterocycles. The van der Waals surface area contributed by atoms with E-state index in [1.165, 1.54) is 89.7 Å². The van der Waals surface area contributed by atoms with Gasteiger partial charge in [0.05, 0.1) is 0 Å². The summed E-state index contributed by atoms with van der Waals surface area (Å²) < 4.78 is 5.94. The Labute approximate surface area is 542 Å². The summed E-state index contributed by atoms with van der Waals surface area (Å²) in [4.78, 5) is 196. The van der Waals surface area contributed by atoms with Gasteiger partial charge >= 0.3 is 5.97 Å². The number of hydrogen-bond acceptors (Lipinski definition) is 14. The van der Waals surface area contributed by atoms with E-state index in [1.807, 2.05) is 41.5 Å². The van der Waals surface area contributed by atoms with Crippen molar-refractivity contribution in [1.82, 2.24) is 55.6 Å². The lowest BCUT2D eigenvalue weighted by molar-refractivity contribution is -0.164. The Hall–Kier alpha value is -6.95. The first-order valence-corrected chi connectivity index (χ1v) is 32.4. The number of amides is 11. The highest BCUT2D eigenvalue weighted by Gasteiger charge is 2.47. The highest BCUT2D eigenvalue weighted by molar-refractivity contribution is 6.00. The average Bonchev–Trinajstić information content (AvgIpc) is 1.55. The molecule has 518 valence electrons. The number of hydrogen-bond donors (Lipinski definition) is 4. The number of ether oxygens (including phenoxy) is 1. The van der Waals surface area contributed by atoms with Crippen LogP contribution in [0.2, 0.25) is 0 Å². The summed E-state index contributed by atoms with van der Waals surface area (Å²) in [5.41, 5.74) is 0. The summed E-state index contributed by atoms with van der Waals surface area (Å²) >= 11 is 0. The van der Waals surface area contributed by atoms with E-state index in [1.54, 1.807) is 67.5 Å². The molecule has 0 saturated carbocycles. The lowest BCUT2D eigenvalue weighted by Gasteiger charge is -2.42. The van der Waals surface area contributed by atoms with E-state index in [9.17, 15) is 43.2 Å². The molecular weight excluding hydrogens is 1170 g/mol. The minimum atomic E-state index is -1.64. The Balaban J connectivity index is 4.54. The normalized spacial score (nSPS) is 26.9. The van der Waals surface area contributed by atoms with Crippen molar-refractivity contribution in [3.05, 3.63) is 12.2 Å². The molecule has 1 aliphatic rings. The number of likely N-dealkylation sites (N-methyl/N-ethyl adjacent to an activating group) is 7. The topological polar surface area (TPSA) is 302 Å². The van der Waals surface area contributed by atoms with Gasteiger partial charge in [0.2, 0.25) is 65.0 Å². The molecule has 1 aliphatic heterocycles. The molecule has 0 aromatic heterocycles. The van der Waals surface area contributed by atoms with E-state index < -0.39 is 167 Å². The maximum absolute atomic E-state index is 15.5. The van der Waals surface area contributed by atoms with Crippen LogP contribution in [0.25, 0.3) is 0 Å². The van der Waals surface area contributed by atoms with Crippen LogP contribution < -0.4 is 21.3 Å². The molecular formula is C66H115N11O14.